The maximum atomic E-state index is 5.98. The van der Waals surface area contributed by atoms with Crippen LogP contribution in [0.2, 0.25) is 0 Å². The number of nitrogens with zero attached hydrogens (tertiary/aromatic N) is 2. The fourth-order valence-electron chi connectivity index (χ4n) is 2.74. The quantitative estimate of drug-likeness (QED) is 0.742. The molecule has 1 saturated heterocycles. The molecule has 0 N–H and O–H groups in total. The summed E-state index contributed by atoms with van der Waals surface area (Å²) in [5.41, 5.74) is 2.05. The number of imidazole rings is 1. The van der Waals surface area contributed by atoms with E-state index in [0.29, 0.717) is 25.5 Å². The van der Waals surface area contributed by atoms with Gasteiger partial charge in [0.2, 0.25) is 5.79 Å². The van der Waals surface area contributed by atoms with Crippen LogP contribution in [0.4, 0.5) is 0 Å². The van der Waals surface area contributed by atoms with Crippen molar-refractivity contribution in [3.63, 3.8) is 0 Å². The summed E-state index contributed by atoms with van der Waals surface area (Å²) in [4.78, 5) is 4.06. The van der Waals surface area contributed by atoms with E-state index in [1.807, 2.05) is 29.0 Å². The third-order valence-electron chi connectivity index (χ3n) is 3.75. The van der Waals surface area contributed by atoms with E-state index < -0.39 is 5.79 Å². The van der Waals surface area contributed by atoms with Gasteiger partial charge >= 0.3 is 0 Å². The summed E-state index contributed by atoms with van der Waals surface area (Å²) in [6.45, 7) is 3.71. The van der Waals surface area contributed by atoms with Gasteiger partial charge in [0.05, 0.1) is 26.1 Å². The van der Waals surface area contributed by atoms with Crippen LogP contribution in [-0.4, -0.2) is 22.8 Å². The predicted octanol–water partition coefficient (Wildman–Crippen LogP) is 2.84. The molecule has 0 aliphatic carbocycles. The Bertz CT molecular complexity index is 755. The van der Waals surface area contributed by atoms with Gasteiger partial charge in [-0.2, -0.15) is 0 Å². The molecule has 1 fully saturated rings. The van der Waals surface area contributed by atoms with Crippen molar-refractivity contribution in [2.75, 3.05) is 13.2 Å². The average Bonchev–Trinajstić information content (AvgIpc) is 3.18. The molecule has 3 aromatic rings. The summed E-state index contributed by atoms with van der Waals surface area (Å²) in [5.74, 6) is -0.164. The second kappa shape index (κ2) is 4.72. The van der Waals surface area contributed by atoms with Crippen LogP contribution in [0.3, 0.4) is 0 Å². The van der Waals surface area contributed by atoms with E-state index in [0.717, 1.165) is 11.0 Å². The van der Waals surface area contributed by atoms with Gasteiger partial charge in [-0.25, -0.2) is 4.98 Å². The Morgan fingerprint density at radius 2 is 2.10 bits per heavy atom. The molecule has 0 unspecified atom stereocenters. The van der Waals surface area contributed by atoms with E-state index in [2.05, 4.69) is 18.0 Å². The predicted molar refractivity (Wildman–Crippen MR) is 76.8 cm³/mol. The third kappa shape index (κ3) is 2.14. The van der Waals surface area contributed by atoms with E-state index in [1.54, 1.807) is 12.5 Å². The molecule has 21 heavy (non-hydrogen) atoms. The zero-order valence-electron chi connectivity index (χ0n) is 11.8. The van der Waals surface area contributed by atoms with Gasteiger partial charge in [-0.3, -0.25) is 0 Å². The molecule has 0 bridgehead atoms. The van der Waals surface area contributed by atoms with Crippen molar-refractivity contribution in [2.24, 2.45) is 0 Å². The highest BCUT2D eigenvalue weighted by Gasteiger charge is 2.42. The lowest BCUT2D eigenvalue weighted by molar-refractivity contribution is -0.187. The van der Waals surface area contributed by atoms with Crippen LogP contribution < -0.4 is 0 Å². The Labute approximate surface area is 122 Å². The van der Waals surface area contributed by atoms with Crippen molar-refractivity contribution in [3.05, 3.63) is 54.3 Å². The molecule has 108 valence electrons. The number of benzene rings is 1. The molecule has 0 amide bonds. The van der Waals surface area contributed by atoms with Gasteiger partial charge < -0.3 is 18.5 Å². The molecule has 3 heterocycles. The van der Waals surface area contributed by atoms with Gasteiger partial charge in [-0.05, 0) is 25.1 Å². The van der Waals surface area contributed by atoms with Crippen LogP contribution in [0.25, 0.3) is 11.0 Å². The summed E-state index contributed by atoms with van der Waals surface area (Å²) in [7, 11) is 0. The van der Waals surface area contributed by atoms with Gasteiger partial charge in [0.1, 0.15) is 5.58 Å². The highest BCUT2D eigenvalue weighted by atomic mass is 16.7. The normalized spacial score (nSPS) is 17.6. The van der Waals surface area contributed by atoms with Crippen molar-refractivity contribution in [1.82, 2.24) is 9.55 Å². The van der Waals surface area contributed by atoms with Crippen LogP contribution in [-0.2, 0) is 21.8 Å². The maximum absolute atomic E-state index is 5.98. The summed E-state index contributed by atoms with van der Waals surface area (Å²) >= 11 is 0. The number of aromatic nitrogens is 2. The van der Waals surface area contributed by atoms with Crippen molar-refractivity contribution in [1.29, 1.82) is 0 Å². The molecule has 4 rings (SSSR count). The first-order valence-corrected chi connectivity index (χ1v) is 7.00. The molecule has 0 radical (unpaired) electrons. The van der Waals surface area contributed by atoms with E-state index in [4.69, 9.17) is 13.9 Å². The number of rotatable bonds is 3. The Morgan fingerprint density at radius 3 is 2.86 bits per heavy atom. The molecular formula is C16H16N2O3. The monoisotopic (exact) mass is 284 g/mol. The molecule has 1 aliphatic heterocycles. The Morgan fingerprint density at radius 1 is 1.24 bits per heavy atom. The number of hydrogen-bond acceptors (Lipinski definition) is 4. The van der Waals surface area contributed by atoms with Gasteiger partial charge in [-0.1, -0.05) is 11.6 Å². The number of furan rings is 1. The molecule has 1 aromatic carbocycles. The first kappa shape index (κ1) is 12.6. The maximum Gasteiger partial charge on any atom is 0.247 e. The van der Waals surface area contributed by atoms with Gasteiger partial charge in [0.15, 0.2) is 5.76 Å². The minimum absolute atomic E-state index is 0.520. The zero-order chi connectivity index (χ0) is 14.3. The minimum atomic E-state index is -0.867. The number of fused-ring (bicyclic) bond motifs is 1. The SMILES string of the molecule is Cc1ccc2oc(C3(Cn4ccnc4)OCCO3)cc2c1. The smallest absolute Gasteiger partial charge is 0.247 e. The van der Waals surface area contributed by atoms with Crippen LogP contribution in [0.5, 0.6) is 0 Å². The number of hydrogen-bond donors (Lipinski definition) is 0. The molecule has 0 atom stereocenters. The largest absolute Gasteiger partial charge is 0.455 e. The molecule has 0 saturated carbocycles. The molecule has 0 spiro atoms. The Balaban J connectivity index is 1.78. The zero-order valence-corrected chi connectivity index (χ0v) is 11.8. The summed E-state index contributed by atoms with van der Waals surface area (Å²) in [5, 5.41) is 1.06. The summed E-state index contributed by atoms with van der Waals surface area (Å²) < 4.78 is 19.7. The Hall–Kier alpha value is -2.11. The van der Waals surface area contributed by atoms with E-state index >= 15 is 0 Å². The van der Waals surface area contributed by atoms with E-state index in [1.165, 1.54) is 5.56 Å². The number of ether oxygens (including phenoxy) is 2. The highest BCUT2D eigenvalue weighted by Crippen LogP contribution is 2.36. The molecule has 5 heteroatoms. The fraction of sp³-hybridized carbons (Fsp3) is 0.312. The van der Waals surface area contributed by atoms with E-state index in [-0.39, 0.29) is 0 Å². The van der Waals surface area contributed by atoms with E-state index in [9.17, 15) is 0 Å². The first-order chi connectivity index (χ1) is 10.3. The standard InChI is InChI=1S/C16H16N2O3/c1-12-2-3-14-13(8-12)9-15(21-14)16(19-6-7-20-16)10-18-5-4-17-11-18/h2-5,8-9,11H,6-7,10H2,1H3. The Kier molecular flexibility index (Phi) is 2.83. The fourth-order valence-corrected chi connectivity index (χ4v) is 2.74. The average molecular weight is 284 g/mol. The van der Waals surface area contributed by atoms with Crippen LogP contribution in [0.1, 0.15) is 11.3 Å². The minimum Gasteiger partial charge on any atom is -0.455 e. The highest BCUT2D eigenvalue weighted by molar-refractivity contribution is 5.78. The van der Waals surface area contributed by atoms with Gasteiger partial charge in [0.25, 0.3) is 0 Å². The van der Waals surface area contributed by atoms with Crippen LogP contribution in [0, 0.1) is 6.92 Å². The van der Waals surface area contributed by atoms with Crippen LogP contribution >= 0.6 is 0 Å². The second-order valence-electron chi connectivity index (χ2n) is 5.34. The molecule has 1 aliphatic rings. The lowest BCUT2D eigenvalue weighted by Gasteiger charge is -2.25. The second-order valence-corrected chi connectivity index (χ2v) is 5.34. The molecule has 5 nitrogen and oxygen atoms in total. The summed E-state index contributed by atoms with van der Waals surface area (Å²) in [6, 6.07) is 8.12. The first-order valence-electron chi connectivity index (χ1n) is 7.00. The lowest BCUT2D eigenvalue weighted by atomic mass is 10.1. The molecule has 2 aromatic heterocycles. The summed E-state index contributed by atoms with van der Waals surface area (Å²) in [6.07, 6.45) is 5.38. The topological polar surface area (TPSA) is 49.4 Å². The lowest BCUT2D eigenvalue weighted by Crippen LogP contribution is -2.32. The number of aryl methyl sites for hydroxylation is 1. The van der Waals surface area contributed by atoms with Crippen molar-refractivity contribution < 1.29 is 13.9 Å². The van der Waals surface area contributed by atoms with Crippen molar-refractivity contribution >= 4 is 11.0 Å². The van der Waals surface area contributed by atoms with Crippen LogP contribution in [0.15, 0.2) is 47.4 Å². The van der Waals surface area contributed by atoms with Gasteiger partial charge in [-0.15, -0.1) is 0 Å². The van der Waals surface area contributed by atoms with Crippen molar-refractivity contribution in [3.8, 4) is 0 Å². The third-order valence-corrected chi connectivity index (χ3v) is 3.75. The van der Waals surface area contributed by atoms with Gasteiger partial charge in [0, 0.05) is 17.8 Å². The molecular weight excluding hydrogens is 268 g/mol. The van der Waals surface area contributed by atoms with Crippen molar-refractivity contribution in [2.45, 2.75) is 19.3 Å².